The molecule has 2 unspecified atom stereocenters. The minimum absolute atomic E-state index is 0.203. The van der Waals surface area contributed by atoms with E-state index in [1.54, 1.807) is 0 Å². The standard InChI is InChI=1S/C16H30N2O/c1-12(2)14-8-9-18(11-14)16(19)15(17)10-13-6-4-3-5-7-13/h12-15H,3-11,17H2,1-2H3. The molecule has 0 aromatic rings. The van der Waals surface area contributed by atoms with Gasteiger partial charge in [-0.2, -0.15) is 0 Å². The summed E-state index contributed by atoms with van der Waals surface area (Å²) in [6.45, 7) is 6.34. The molecule has 1 aliphatic carbocycles. The van der Waals surface area contributed by atoms with Crippen LogP contribution in [0.25, 0.3) is 0 Å². The van der Waals surface area contributed by atoms with Crippen molar-refractivity contribution in [2.75, 3.05) is 13.1 Å². The van der Waals surface area contributed by atoms with Crippen LogP contribution in [0, 0.1) is 17.8 Å². The van der Waals surface area contributed by atoms with E-state index in [0.717, 1.165) is 25.9 Å². The number of nitrogens with zero attached hydrogens (tertiary/aromatic N) is 1. The summed E-state index contributed by atoms with van der Waals surface area (Å²) in [5, 5.41) is 0. The Labute approximate surface area is 117 Å². The molecule has 0 aromatic carbocycles. The van der Waals surface area contributed by atoms with Gasteiger partial charge in [0.25, 0.3) is 0 Å². The molecule has 1 amide bonds. The van der Waals surface area contributed by atoms with Gasteiger partial charge in [0.15, 0.2) is 0 Å². The first-order valence-electron chi connectivity index (χ1n) is 8.12. The summed E-state index contributed by atoms with van der Waals surface area (Å²) in [6.07, 6.45) is 8.61. The Hall–Kier alpha value is -0.570. The summed E-state index contributed by atoms with van der Waals surface area (Å²) in [5.74, 6) is 2.24. The van der Waals surface area contributed by atoms with E-state index in [1.807, 2.05) is 4.90 Å². The molecule has 110 valence electrons. The van der Waals surface area contributed by atoms with Crippen molar-refractivity contribution >= 4 is 5.91 Å². The van der Waals surface area contributed by atoms with E-state index in [0.29, 0.717) is 17.8 Å². The van der Waals surface area contributed by atoms with Gasteiger partial charge in [0.2, 0.25) is 5.91 Å². The second-order valence-electron chi connectivity index (χ2n) is 6.92. The fourth-order valence-electron chi connectivity index (χ4n) is 3.65. The SMILES string of the molecule is CC(C)C1CCN(C(=O)C(N)CC2CCCCC2)C1. The molecule has 2 fully saturated rings. The maximum Gasteiger partial charge on any atom is 0.239 e. The van der Waals surface area contributed by atoms with Crippen LogP contribution in [0.2, 0.25) is 0 Å². The summed E-state index contributed by atoms with van der Waals surface area (Å²) in [7, 11) is 0. The van der Waals surface area contributed by atoms with Gasteiger partial charge >= 0.3 is 0 Å². The molecule has 1 heterocycles. The summed E-state index contributed by atoms with van der Waals surface area (Å²) >= 11 is 0. The van der Waals surface area contributed by atoms with Gasteiger partial charge in [0.05, 0.1) is 6.04 Å². The van der Waals surface area contributed by atoms with Crippen molar-refractivity contribution in [2.24, 2.45) is 23.5 Å². The molecule has 2 aliphatic rings. The van der Waals surface area contributed by atoms with Gasteiger partial charge in [-0.15, -0.1) is 0 Å². The largest absolute Gasteiger partial charge is 0.341 e. The van der Waals surface area contributed by atoms with E-state index in [4.69, 9.17) is 5.73 Å². The van der Waals surface area contributed by atoms with Crippen LogP contribution in [-0.4, -0.2) is 29.9 Å². The van der Waals surface area contributed by atoms with Crippen molar-refractivity contribution in [3.63, 3.8) is 0 Å². The van der Waals surface area contributed by atoms with E-state index in [9.17, 15) is 4.79 Å². The van der Waals surface area contributed by atoms with Crippen molar-refractivity contribution < 1.29 is 4.79 Å². The van der Waals surface area contributed by atoms with Gasteiger partial charge in [-0.3, -0.25) is 4.79 Å². The average molecular weight is 266 g/mol. The van der Waals surface area contributed by atoms with Crippen LogP contribution in [0.1, 0.15) is 58.8 Å². The maximum atomic E-state index is 12.4. The third-order valence-electron chi connectivity index (χ3n) is 5.11. The molecular formula is C16H30N2O. The third-order valence-corrected chi connectivity index (χ3v) is 5.11. The predicted molar refractivity (Wildman–Crippen MR) is 78.7 cm³/mol. The molecule has 0 spiro atoms. The van der Waals surface area contributed by atoms with Crippen LogP contribution in [0.4, 0.5) is 0 Å². The topological polar surface area (TPSA) is 46.3 Å². The van der Waals surface area contributed by atoms with Gasteiger partial charge in [-0.1, -0.05) is 46.0 Å². The lowest BCUT2D eigenvalue weighted by Crippen LogP contribution is -2.44. The Bertz CT molecular complexity index is 297. The van der Waals surface area contributed by atoms with Crippen LogP contribution < -0.4 is 5.73 Å². The first-order chi connectivity index (χ1) is 9.08. The smallest absolute Gasteiger partial charge is 0.239 e. The number of hydrogen-bond donors (Lipinski definition) is 1. The fourth-order valence-corrected chi connectivity index (χ4v) is 3.65. The minimum Gasteiger partial charge on any atom is -0.341 e. The zero-order valence-corrected chi connectivity index (χ0v) is 12.6. The zero-order chi connectivity index (χ0) is 13.8. The monoisotopic (exact) mass is 266 g/mol. The number of carbonyl (C=O) groups excluding carboxylic acids is 1. The van der Waals surface area contributed by atoms with E-state index in [1.165, 1.54) is 32.1 Å². The Balaban J connectivity index is 1.79. The van der Waals surface area contributed by atoms with Crippen molar-refractivity contribution in [3.8, 4) is 0 Å². The number of rotatable bonds is 4. The molecule has 2 atom stereocenters. The normalized spacial score (nSPS) is 26.9. The van der Waals surface area contributed by atoms with Gasteiger partial charge in [-0.25, -0.2) is 0 Å². The quantitative estimate of drug-likeness (QED) is 0.850. The molecule has 0 radical (unpaired) electrons. The molecule has 0 aromatic heterocycles. The van der Waals surface area contributed by atoms with Gasteiger partial charge < -0.3 is 10.6 Å². The molecule has 19 heavy (non-hydrogen) atoms. The number of hydrogen-bond acceptors (Lipinski definition) is 2. The lowest BCUT2D eigenvalue weighted by atomic mass is 9.85. The fraction of sp³-hybridized carbons (Fsp3) is 0.938. The molecule has 1 saturated carbocycles. The predicted octanol–water partition coefficient (Wildman–Crippen LogP) is 2.79. The average Bonchev–Trinajstić information content (AvgIpc) is 2.88. The molecule has 3 heteroatoms. The van der Waals surface area contributed by atoms with Crippen LogP contribution in [0.15, 0.2) is 0 Å². The lowest BCUT2D eigenvalue weighted by molar-refractivity contribution is -0.132. The zero-order valence-electron chi connectivity index (χ0n) is 12.6. The highest BCUT2D eigenvalue weighted by Gasteiger charge is 2.31. The second-order valence-corrected chi connectivity index (χ2v) is 6.92. The minimum atomic E-state index is -0.256. The third kappa shape index (κ3) is 3.95. The Morgan fingerprint density at radius 3 is 2.47 bits per heavy atom. The van der Waals surface area contributed by atoms with Crippen molar-refractivity contribution in [1.82, 2.24) is 4.90 Å². The molecule has 1 aliphatic heterocycles. The molecule has 2 rings (SSSR count). The van der Waals surface area contributed by atoms with Crippen molar-refractivity contribution in [2.45, 2.75) is 64.8 Å². The van der Waals surface area contributed by atoms with Crippen molar-refractivity contribution in [1.29, 1.82) is 0 Å². The molecule has 0 bridgehead atoms. The van der Waals surface area contributed by atoms with Crippen LogP contribution in [-0.2, 0) is 4.79 Å². The number of carbonyl (C=O) groups is 1. The Kier molecular flexibility index (Phi) is 5.26. The number of amides is 1. The Morgan fingerprint density at radius 1 is 1.21 bits per heavy atom. The molecular weight excluding hydrogens is 236 g/mol. The summed E-state index contributed by atoms with van der Waals surface area (Å²) < 4.78 is 0. The van der Waals surface area contributed by atoms with Gasteiger partial charge in [0, 0.05) is 13.1 Å². The van der Waals surface area contributed by atoms with E-state index in [-0.39, 0.29) is 11.9 Å². The first-order valence-corrected chi connectivity index (χ1v) is 8.12. The first kappa shape index (κ1) is 14.8. The summed E-state index contributed by atoms with van der Waals surface area (Å²) in [4.78, 5) is 14.4. The highest BCUT2D eigenvalue weighted by atomic mass is 16.2. The van der Waals surface area contributed by atoms with E-state index < -0.39 is 0 Å². The summed E-state index contributed by atoms with van der Waals surface area (Å²) in [6, 6.07) is -0.256. The molecule has 2 N–H and O–H groups in total. The summed E-state index contributed by atoms with van der Waals surface area (Å²) in [5.41, 5.74) is 6.16. The molecule has 1 saturated heterocycles. The van der Waals surface area contributed by atoms with Gasteiger partial charge in [-0.05, 0) is 30.6 Å². The number of likely N-dealkylation sites (tertiary alicyclic amines) is 1. The van der Waals surface area contributed by atoms with E-state index >= 15 is 0 Å². The van der Waals surface area contributed by atoms with Crippen molar-refractivity contribution in [3.05, 3.63) is 0 Å². The highest BCUT2D eigenvalue weighted by Crippen LogP contribution is 2.28. The van der Waals surface area contributed by atoms with Crippen LogP contribution >= 0.6 is 0 Å². The second kappa shape index (κ2) is 6.74. The molecule has 3 nitrogen and oxygen atoms in total. The van der Waals surface area contributed by atoms with E-state index in [2.05, 4.69) is 13.8 Å². The highest BCUT2D eigenvalue weighted by molar-refractivity contribution is 5.81. The lowest BCUT2D eigenvalue weighted by Gasteiger charge is -2.27. The Morgan fingerprint density at radius 2 is 1.89 bits per heavy atom. The number of nitrogens with two attached hydrogens (primary N) is 1. The maximum absolute atomic E-state index is 12.4. The van der Waals surface area contributed by atoms with Gasteiger partial charge in [0.1, 0.15) is 0 Å². The van der Waals surface area contributed by atoms with Crippen LogP contribution in [0.5, 0.6) is 0 Å². The van der Waals surface area contributed by atoms with Crippen LogP contribution in [0.3, 0.4) is 0 Å².